The van der Waals surface area contributed by atoms with Gasteiger partial charge < -0.3 is 4.74 Å². The first-order chi connectivity index (χ1) is 8.72. The number of aromatic nitrogens is 2. The molecule has 0 radical (unpaired) electrons. The van der Waals surface area contributed by atoms with Crippen LogP contribution in [0.3, 0.4) is 0 Å². The van der Waals surface area contributed by atoms with Crippen LogP contribution in [0.5, 0.6) is 0 Å². The molecular formula is C12H11ClN2O2S. The van der Waals surface area contributed by atoms with Gasteiger partial charge in [0.2, 0.25) is 0 Å². The van der Waals surface area contributed by atoms with Crippen molar-refractivity contribution in [1.82, 2.24) is 9.97 Å². The van der Waals surface area contributed by atoms with E-state index in [1.807, 2.05) is 6.92 Å². The molecule has 6 heteroatoms. The van der Waals surface area contributed by atoms with Crippen LogP contribution in [-0.2, 0) is 16.0 Å². The molecule has 0 aromatic carbocycles. The number of nitrogens with zero attached hydrogens (tertiary/aromatic N) is 2. The van der Waals surface area contributed by atoms with Crippen molar-refractivity contribution >= 4 is 39.1 Å². The molecule has 3 rings (SSSR count). The maximum absolute atomic E-state index is 12.0. The highest BCUT2D eigenvalue weighted by Crippen LogP contribution is 2.45. The van der Waals surface area contributed by atoms with E-state index in [1.54, 1.807) is 11.3 Å². The molecule has 0 fully saturated rings. The van der Waals surface area contributed by atoms with Gasteiger partial charge in [0.15, 0.2) is 0 Å². The van der Waals surface area contributed by atoms with Crippen LogP contribution in [0.1, 0.15) is 29.7 Å². The second-order valence-electron chi connectivity index (χ2n) is 4.13. The predicted octanol–water partition coefficient (Wildman–Crippen LogP) is 2.94. The lowest BCUT2D eigenvalue weighted by Gasteiger charge is -2.09. The van der Waals surface area contributed by atoms with E-state index in [2.05, 4.69) is 9.97 Å². The van der Waals surface area contributed by atoms with Gasteiger partial charge in [-0.3, -0.25) is 4.79 Å². The van der Waals surface area contributed by atoms with Crippen molar-refractivity contribution in [1.29, 1.82) is 0 Å². The van der Waals surface area contributed by atoms with Gasteiger partial charge in [-0.15, -0.1) is 11.3 Å². The fourth-order valence-corrected chi connectivity index (χ4v) is 3.92. The number of hydrogen-bond donors (Lipinski definition) is 0. The van der Waals surface area contributed by atoms with Crippen LogP contribution < -0.4 is 0 Å². The molecule has 1 aliphatic rings. The van der Waals surface area contributed by atoms with Crippen LogP contribution in [0.15, 0.2) is 6.33 Å². The van der Waals surface area contributed by atoms with Crippen LogP contribution >= 0.6 is 22.9 Å². The number of fused-ring (bicyclic) bond motifs is 3. The number of halogens is 1. The van der Waals surface area contributed by atoms with E-state index in [4.69, 9.17) is 16.3 Å². The van der Waals surface area contributed by atoms with Gasteiger partial charge in [0.05, 0.1) is 17.9 Å². The predicted molar refractivity (Wildman–Crippen MR) is 70.1 cm³/mol. The average Bonchev–Trinajstić information content (AvgIpc) is 2.87. The van der Waals surface area contributed by atoms with Crippen molar-refractivity contribution in [3.05, 3.63) is 21.9 Å². The molecule has 0 spiro atoms. The molecule has 2 heterocycles. The largest absolute Gasteiger partial charge is 0.466 e. The maximum atomic E-state index is 12.0. The molecule has 0 saturated heterocycles. The summed E-state index contributed by atoms with van der Waals surface area (Å²) in [4.78, 5) is 22.2. The zero-order valence-electron chi connectivity index (χ0n) is 9.77. The van der Waals surface area contributed by atoms with E-state index in [0.29, 0.717) is 11.8 Å². The number of carbonyl (C=O) groups is 1. The molecule has 2 aromatic heterocycles. The summed E-state index contributed by atoms with van der Waals surface area (Å²) in [6, 6.07) is 0. The number of aryl methyl sites for hydroxylation is 1. The van der Waals surface area contributed by atoms with Gasteiger partial charge in [-0.25, -0.2) is 9.97 Å². The first kappa shape index (κ1) is 11.9. The number of ether oxygens (including phenoxy) is 1. The molecule has 18 heavy (non-hydrogen) atoms. The standard InChI is InChI=1S/C12H11ClN2O2S/c1-2-17-12(16)6-3-4-7-8(6)9-10(13)14-5-15-11(9)18-7/h5-6H,2-4H2,1H3. The van der Waals surface area contributed by atoms with E-state index in [9.17, 15) is 4.79 Å². The van der Waals surface area contributed by atoms with Gasteiger partial charge in [0, 0.05) is 4.88 Å². The summed E-state index contributed by atoms with van der Waals surface area (Å²) in [6.45, 7) is 2.21. The zero-order valence-corrected chi connectivity index (χ0v) is 11.3. The molecule has 94 valence electrons. The van der Waals surface area contributed by atoms with Crippen molar-refractivity contribution in [2.45, 2.75) is 25.7 Å². The Morgan fingerprint density at radius 1 is 1.61 bits per heavy atom. The number of thiophene rings is 1. The Morgan fingerprint density at radius 3 is 3.22 bits per heavy atom. The summed E-state index contributed by atoms with van der Waals surface area (Å²) in [5.74, 6) is -0.381. The number of esters is 1. The van der Waals surface area contributed by atoms with Crippen molar-refractivity contribution in [3.63, 3.8) is 0 Å². The van der Waals surface area contributed by atoms with Crippen LogP contribution in [0.2, 0.25) is 5.15 Å². The quantitative estimate of drug-likeness (QED) is 0.628. The zero-order chi connectivity index (χ0) is 12.7. The monoisotopic (exact) mass is 282 g/mol. The molecule has 2 aromatic rings. The smallest absolute Gasteiger partial charge is 0.313 e. The summed E-state index contributed by atoms with van der Waals surface area (Å²) < 4.78 is 5.12. The Kier molecular flexibility index (Phi) is 2.95. The summed E-state index contributed by atoms with van der Waals surface area (Å²) in [7, 11) is 0. The summed E-state index contributed by atoms with van der Waals surface area (Å²) in [6.07, 6.45) is 3.13. The minimum absolute atomic E-state index is 0.170. The lowest BCUT2D eigenvalue weighted by molar-refractivity contribution is -0.144. The maximum Gasteiger partial charge on any atom is 0.313 e. The van der Waals surface area contributed by atoms with Gasteiger partial charge in [-0.05, 0) is 25.3 Å². The molecule has 4 nitrogen and oxygen atoms in total. The Morgan fingerprint density at radius 2 is 2.44 bits per heavy atom. The third-order valence-corrected chi connectivity index (χ3v) is 4.60. The van der Waals surface area contributed by atoms with Crippen molar-refractivity contribution < 1.29 is 9.53 Å². The molecule has 0 N–H and O–H groups in total. The topological polar surface area (TPSA) is 52.1 Å². The Hall–Kier alpha value is -1.20. The Labute approximate surface area is 113 Å². The van der Waals surface area contributed by atoms with Gasteiger partial charge >= 0.3 is 5.97 Å². The first-order valence-corrected chi connectivity index (χ1v) is 7.00. The highest BCUT2D eigenvalue weighted by Gasteiger charge is 2.34. The summed E-state index contributed by atoms with van der Waals surface area (Å²) >= 11 is 7.73. The molecule has 0 amide bonds. The van der Waals surface area contributed by atoms with Crippen molar-refractivity contribution in [2.75, 3.05) is 6.61 Å². The van der Waals surface area contributed by atoms with Crippen molar-refractivity contribution in [2.24, 2.45) is 0 Å². The van der Waals surface area contributed by atoms with E-state index >= 15 is 0 Å². The third-order valence-electron chi connectivity index (χ3n) is 3.14. The Balaban J connectivity index is 2.14. The molecule has 0 saturated carbocycles. The molecule has 0 aliphatic heterocycles. The Bertz CT molecular complexity index is 626. The number of carbonyl (C=O) groups excluding carboxylic acids is 1. The molecular weight excluding hydrogens is 272 g/mol. The lowest BCUT2D eigenvalue weighted by Crippen LogP contribution is -2.13. The van der Waals surface area contributed by atoms with Crippen LogP contribution in [0.25, 0.3) is 10.2 Å². The first-order valence-electron chi connectivity index (χ1n) is 5.80. The molecule has 1 unspecified atom stereocenters. The van der Waals surface area contributed by atoms with E-state index < -0.39 is 0 Å². The fraction of sp³-hybridized carbons (Fsp3) is 0.417. The minimum Gasteiger partial charge on any atom is -0.466 e. The van der Waals surface area contributed by atoms with Crippen LogP contribution in [0, 0.1) is 0 Å². The molecule has 1 aliphatic carbocycles. The number of hydrogen-bond acceptors (Lipinski definition) is 5. The van der Waals surface area contributed by atoms with Crippen molar-refractivity contribution in [3.8, 4) is 0 Å². The highest BCUT2D eigenvalue weighted by molar-refractivity contribution is 7.19. The van der Waals surface area contributed by atoms with Crippen LogP contribution in [-0.4, -0.2) is 22.5 Å². The van der Waals surface area contributed by atoms with E-state index in [1.165, 1.54) is 11.2 Å². The lowest BCUT2D eigenvalue weighted by atomic mass is 10.0. The summed E-state index contributed by atoms with van der Waals surface area (Å²) in [5, 5.41) is 1.25. The van der Waals surface area contributed by atoms with Gasteiger partial charge in [-0.2, -0.15) is 0 Å². The normalized spacial score (nSPS) is 18.0. The molecule has 1 atom stereocenters. The second kappa shape index (κ2) is 4.48. The summed E-state index contributed by atoms with van der Waals surface area (Å²) in [5.41, 5.74) is 0.985. The number of rotatable bonds is 2. The fourth-order valence-electron chi connectivity index (χ4n) is 2.42. The van der Waals surface area contributed by atoms with E-state index in [0.717, 1.165) is 28.6 Å². The minimum atomic E-state index is -0.211. The second-order valence-corrected chi connectivity index (χ2v) is 5.57. The SMILES string of the molecule is CCOC(=O)C1CCc2sc3ncnc(Cl)c3c21. The highest BCUT2D eigenvalue weighted by atomic mass is 35.5. The van der Waals surface area contributed by atoms with Gasteiger partial charge in [0.1, 0.15) is 16.3 Å². The van der Waals surface area contributed by atoms with Gasteiger partial charge in [-0.1, -0.05) is 11.6 Å². The average molecular weight is 283 g/mol. The van der Waals surface area contributed by atoms with E-state index in [-0.39, 0.29) is 11.9 Å². The molecule has 0 bridgehead atoms. The third kappa shape index (κ3) is 1.69. The van der Waals surface area contributed by atoms with Gasteiger partial charge in [0.25, 0.3) is 0 Å². The van der Waals surface area contributed by atoms with Crippen LogP contribution in [0.4, 0.5) is 0 Å².